The van der Waals surface area contributed by atoms with E-state index in [1.165, 1.54) is 11.8 Å². The van der Waals surface area contributed by atoms with Gasteiger partial charge in [-0.1, -0.05) is 19.8 Å². The Morgan fingerprint density at radius 2 is 1.67 bits per heavy atom. The summed E-state index contributed by atoms with van der Waals surface area (Å²) in [4.78, 5) is 16.1. The Balaban J connectivity index is 1.89. The average molecular weight is 411 g/mol. The maximum absolute atomic E-state index is 13.1. The Morgan fingerprint density at radius 1 is 1.04 bits per heavy atom. The van der Waals surface area contributed by atoms with E-state index in [4.69, 9.17) is 0 Å². The lowest BCUT2D eigenvalue weighted by atomic mass is 9.98. The minimum atomic E-state index is -3.55. The summed E-state index contributed by atoms with van der Waals surface area (Å²) in [5, 5.41) is 0. The van der Waals surface area contributed by atoms with Crippen LogP contribution in [0.5, 0.6) is 0 Å². The molecule has 0 aliphatic carbocycles. The zero-order valence-electron chi connectivity index (χ0n) is 16.3. The number of rotatable bonds is 4. The number of likely N-dealkylation sites (tertiary alicyclic amines) is 1. The Morgan fingerprint density at radius 3 is 2.26 bits per heavy atom. The molecule has 1 aromatic carbocycles. The fourth-order valence-electron chi connectivity index (χ4n) is 3.83. The van der Waals surface area contributed by atoms with Crippen LogP contribution in [0, 0.1) is 5.92 Å². The number of hydrogen-bond acceptors (Lipinski definition) is 4. The van der Waals surface area contributed by atoms with Crippen LogP contribution in [0.4, 0.5) is 0 Å². The van der Waals surface area contributed by atoms with Crippen molar-refractivity contribution in [3.63, 3.8) is 0 Å². The second-order valence-corrected chi connectivity index (χ2v) is 10.4. The SMILES string of the molecule is CSc1ccc(S(=O)(=O)N2CCCCCC2)cc1C(=O)N1CCC(C)CC1. The summed E-state index contributed by atoms with van der Waals surface area (Å²) >= 11 is 1.49. The van der Waals surface area contributed by atoms with E-state index in [1.807, 2.05) is 11.2 Å². The normalized spacial score (nSPS) is 20.4. The number of carbonyl (C=O) groups excluding carboxylic acids is 1. The largest absolute Gasteiger partial charge is 0.339 e. The van der Waals surface area contributed by atoms with Gasteiger partial charge in [0.2, 0.25) is 10.0 Å². The first-order valence-corrected chi connectivity index (χ1v) is 12.6. The monoisotopic (exact) mass is 410 g/mol. The maximum Gasteiger partial charge on any atom is 0.255 e. The molecule has 2 fully saturated rings. The van der Waals surface area contributed by atoms with Gasteiger partial charge in [-0.05, 0) is 56.1 Å². The van der Waals surface area contributed by atoms with E-state index < -0.39 is 10.0 Å². The summed E-state index contributed by atoms with van der Waals surface area (Å²) in [6.45, 7) is 4.84. The molecule has 2 aliphatic rings. The van der Waals surface area contributed by atoms with Gasteiger partial charge in [0, 0.05) is 31.1 Å². The minimum Gasteiger partial charge on any atom is -0.339 e. The molecule has 7 heteroatoms. The quantitative estimate of drug-likeness (QED) is 0.708. The van der Waals surface area contributed by atoms with E-state index >= 15 is 0 Å². The maximum atomic E-state index is 13.1. The molecule has 0 radical (unpaired) electrons. The number of nitrogens with zero attached hydrogens (tertiary/aromatic N) is 2. The first-order chi connectivity index (χ1) is 12.9. The molecular weight excluding hydrogens is 380 g/mol. The fraction of sp³-hybridized carbons (Fsp3) is 0.650. The summed E-state index contributed by atoms with van der Waals surface area (Å²) in [7, 11) is -3.55. The third-order valence-electron chi connectivity index (χ3n) is 5.68. The van der Waals surface area contributed by atoms with Gasteiger partial charge in [-0.15, -0.1) is 11.8 Å². The van der Waals surface area contributed by atoms with Crippen LogP contribution >= 0.6 is 11.8 Å². The van der Waals surface area contributed by atoms with Crippen LogP contribution in [0.1, 0.15) is 55.8 Å². The van der Waals surface area contributed by atoms with E-state index in [9.17, 15) is 13.2 Å². The number of hydrogen-bond donors (Lipinski definition) is 0. The molecule has 0 N–H and O–H groups in total. The average Bonchev–Trinajstić information content (AvgIpc) is 2.97. The minimum absolute atomic E-state index is 0.0424. The standard InChI is InChI=1S/C20H30N2O3S2/c1-16-9-13-21(14-10-16)20(23)18-15-17(7-8-19(18)26-2)27(24,25)22-11-5-3-4-6-12-22/h7-8,15-16H,3-6,9-14H2,1-2H3. The van der Waals surface area contributed by atoms with Crippen LogP contribution in [0.25, 0.3) is 0 Å². The smallest absolute Gasteiger partial charge is 0.255 e. The number of carbonyl (C=O) groups is 1. The highest BCUT2D eigenvalue weighted by Crippen LogP contribution is 2.29. The molecule has 5 nitrogen and oxygen atoms in total. The van der Waals surface area contributed by atoms with E-state index in [-0.39, 0.29) is 10.8 Å². The highest BCUT2D eigenvalue weighted by molar-refractivity contribution is 7.98. The molecule has 0 atom stereocenters. The zero-order valence-corrected chi connectivity index (χ0v) is 17.9. The van der Waals surface area contributed by atoms with Gasteiger partial charge in [0.05, 0.1) is 10.5 Å². The number of amides is 1. The van der Waals surface area contributed by atoms with Crippen LogP contribution < -0.4 is 0 Å². The van der Waals surface area contributed by atoms with Gasteiger partial charge >= 0.3 is 0 Å². The molecule has 2 heterocycles. The van der Waals surface area contributed by atoms with Crippen molar-refractivity contribution in [1.29, 1.82) is 0 Å². The van der Waals surface area contributed by atoms with Gasteiger partial charge in [-0.25, -0.2) is 8.42 Å². The zero-order chi connectivity index (χ0) is 19.4. The molecule has 0 aromatic heterocycles. The molecular formula is C20H30N2O3S2. The predicted molar refractivity (Wildman–Crippen MR) is 110 cm³/mol. The van der Waals surface area contributed by atoms with Crippen LogP contribution in [0.2, 0.25) is 0 Å². The van der Waals surface area contributed by atoms with Crippen LogP contribution in [-0.4, -0.2) is 56.0 Å². The second-order valence-electron chi connectivity index (χ2n) is 7.66. The van der Waals surface area contributed by atoms with Crippen LogP contribution in [0.15, 0.2) is 28.0 Å². The van der Waals surface area contributed by atoms with Gasteiger partial charge in [-0.2, -0.15) is 4.31 Å². The van der Waals surface area contributed by atoms with Gasteiger partial charge in [0.1, 0.15) is 0 Å². The molecule has 2 saturated heterocycles. The molecule has 0 unspecified atom stereocenters. The first-order valence-electron chi connectivity index (χ1n) is 9.91. The topological polar surface area (TPSA) is 57.7 Å². The van der Waals surface area contributed by atoms with Gasteiger partial charge < -0.3 is 4.90 Å². The van der Waals surface area contributed by atoms with E-state index in [0.717, 1.165) is 56.5 Å². The molecule has 27 heavy (non-hydrogen) atoms. The van der Waals surface area contributed by atoms with Crippen molar-refractivity contribution in [2.45, 2.75) is 55.2 Å². The number of thioether (sulfide) groups is 1. The Bertz CT molecular complexity index is 763. The number of benzene rings is 1. The molecule has 0 bridgehead atoms. The van der Waals surface area contributed by atoms with Crippen molar-refractivity contribution in [2.24, 2.45) is 5.92 Å². The Labute approximate surface area is 167 Å². The summed E-state index contributed by atoms with van der Waals surface area (Å²) < 4.78 is 27.8. The first kappa shape index (κ1) is 20.7. The van der Waals surface area contributed by atoms with Gasteiger partial charge in [-0.3, -0.25) is 4.79 Å². The van der Waals surface area contributed by atoms with E-state index in [2.05, 4.69) is 6.92 Å². The Hall–Kier alpha value is -1.05. The van der Waals surface area contributed by atoms with Crippen molar-refractivity contribution in [2.75, 3.05) is 32.4 Å². The highest BCUT2D eigenvalue weighted by atomic mass is 32.2. The molecule has 1 aromatic rings. The van der Waals surface area contributed by atoms with Crippen molar-refractivity contribution in [1.82, 2.24) is 9.21 Å². The summed E-state index contributed by atoms with van der Waals surface area (Å²) in [6.07, 6.45) is 7.90. The molecule has 0 saturated carbocycles. The fourth-order valence-corrected chi connectivity index (χ4v) is 5.94. The molecule has 2 aliphatic heterocycles. The lowest BCUT2D eigenvalue weighted by molar-refractivity contribution is 0.0693. The van der Waals surface area contributed by atoms with Crippen LogP contribution in [0.3, 0.4) is 0 Å². The second kappa shape index (κ2) is 8.97. The van der Waals surface area contributed by atoms with Gasteiger partial charge in [0.25, 0.3) is 5.91 Å². The third kappa shape index (κ3) is 4.69. The van der Waals surface area contributed by atoms with Gasteiger partial charge in [0.15, 0.2) is 0 Å². The van der Waals surface area contributed by atoms with Crippen LogP contribution in [-0.2, 0) is 10.0 Å². The van der Waals surface area contributed by atoms with E-state index in [0.29, 0.717) is 24.6 Å². The predicted octanol–water partition coefficient (Wildman–Crippen LogP) is 3.85. The molecule has 0 spiro atoms. The molecule has 150 valence electrons. The number of sulfonamides is 1. The summed E-state index contributed by atoms with van der Waals surface area (Å²) in [5.74, 6) is 0.600. The van der Waals surface area contributed by atoms with Crippen molar-refractivity contribution in [3.05, 3.63) is 23.8 Å². The lowest BCUT2D eigenvalue weighted by Gasteiger charge is -2.31. The molecule has 1 amide bonds. The third-order valence-corrected chi connectivity index (χ3v) is 8.37. The summed E-state index contributed by atoms with van der Waals surface area (Å²) in [5.41, 5.74) is 0.521. The van der Waals surface area contributed by atoms with Crippen molar-refractivity contribution in [3.8, 4) is 0 Å². The summed E-state index contributed by atoms with van der Waals surface area (Å²) in [6, 6.07) is 5.04. The Kier molecular flexibility index (Phi) is 6.87. The van der Waals surface area contributed by atoms with Crippen molar-refractivity contribution >= 4 is 27.7 Å². The van der Waals surface area contributed by atoms with Crippen molar-refractivity contribution < 1.29 is 13.2 Å². The lowest BCUT2D eigenvalue weighted by Crippen LogP contribution is -2.38. The molecule has 3 rings (SSSR count). The highest BCUT2D eigenvalue weighted by Gasteiger charge is 2.28. The number of piperidine rings is 1. The van der Waals surface area contributed by atoms with E-state index in [1.54, 1.807) is 22.5 Å².